The zero-order valence-electron chi connectivity index (χ0n) is 12.8. The predicted molar refractivity (Wildman–Crippen MR) is 97.1 cm³/mol. The molecule has 0 aliphatic heterocycles. The lowest BCUT2D eigenvalue weighted by atomic mass is 10.0. The molecule has 6 heteroatoms. The smallest absolute Gasteiger partial charge is 0.250 e. The Morgan fingerprint density at radius 2 is 2.22 bits per heavy atom. The average molecular weight is 393 g/mol. The van der Waals surface area contributed by atoms with Crippen molar-refractivity contribution in [2.24, 2.45) is 0 Å². The van der Waals surface area contributed by atoms with Crippen molar-refractivity contribution in [2.45, 2.75) is 25.7 Å². The molecule has 0 saturated carbocycles. The summed E-state index contributed by atoms with van der Waals surface area (Å²) < 4.78 is 6.04. The molecule has 0 fully saturated rings. The molecule has 2 aromatic rings. The lowest BCUT2D eigenvalue weighted by Crippen LogP contribution is -2.07. The van der Waals surface area contributed by atoms with Crippen LogP contribution in [0.3, 0.4) is 0 Å². The van der Waals surface area contributed by atoms with Crippen molar-refractivity contribution in [1.29, 1.82) is 0 Å². The van der Waals surface area contributed by atoms with Gasteiger partial charge in [0.2, 0.25) is 5.91 Å². The Bertz CT molecular complexity index is 732. The Balaban J connectivity index is 1.64. The predicted octanol–water partition coefficient (Wildman–Crippen LogP) is 4.44. The number of rotatable bonds is 4. The standard InChI is InChI=1S/C17H17BrN2O2S/c1-22-14-8-6-11(10-12(14)18)7-9-16(21)20-17-19-13-4-2-3-5-15(13)23-17/h6-10H,2-5H2,1H3,(H,19,20,21). The molecule has 120 valence electrons. The Kier molecular flexibility index (Phi) is 5.13. The van der Waals surface area contributed by atoms with Crippen LogP contribution in [0.1, 0.15) is 29.0 Å². The van der Waals surface area contributed by atoms with Gasteiger partial charge in [-0.25, -0.2) is 4.98 Å². The Labute approximate surface area is 147 Å². The number of fused-ring (bicyclic) bond motifs is 1. The van der Waals surface area contributed by atoms with Gasteiger partial charge in [0.05, 0.1) is 17.3 Å². The van der Waals surface area contributed by atoms with Gasteiger partial charge in [-0.2, -0.15) is 0 Å². The van der Waals surface area contributed by atoms with Gasteiger partial charge in [0, 0.05) is 11.0 Å². The van der Waals surface area contributed by atoms with E-state index in [2.05, 4.69) is 26.2 Å². The molecule has 1 aliphatic rings. The van der Waals surface area contributed by atoms with E-state index in [0.29, 0.717) is 5.13 Å². The fourth-order valence-corrected chi connectivity index (χ4v) is 4.12. The maximum Gasteiger partial charge on any atom is 0.250 e. The fourth-order valence-electron chi connectivity index (χ4n) is 2.51. The van der Waals surface area contributed by atoms with Crippen molar-refractivity contribution in [3.63, 3.8) is 0 Å². The SMILES string of the molecule is COc1ccc(C=CC(=O)Nc2nc3c(s2)CCCC3)cc1Br. The molecule has 0 radical (unpaired) electrons. The van der Waals surface area contributed by atoms with Crippen molar-refractivity contribution >= 4 is 44.4 Å². The van der Waals surface area contributed by atoms with Crippen LogP contribution in [0.25, 0.3) is 6.08 Å². The van der Waals surface area contributed by atoms with Crippen molar-refractivity contribution in [3.05, 3.63) is 44.9 Å². The fraction of sp³-hybridized carbons (Fsp3) is 0.294. The number of aromatic nitrogens is 1. The number of carbonyl (C=O) groups is 1. The van der Waals surface area contributed by atoms with Crippen LogP contribution < -0.4 is 10.1 Å². The Morgan fingerprint density at radius 1 is 1.39 bits per heavy atom. The number of halogens is 1. The Morgan fingerprint density at radius 3 is 2.96 bits per heavy atom. The van der Waals surface area contributed by atoms with Crippen LogP contribution in [0.5, 0.6) is 5.75 Å². The molecule has 1 aliphatic carbocycles. The van der Waals surface area contributed by atoms with Crippen LogP contribution in [0.15, 0.2) is 28.7 Å². The average Bonchev–Trinajstić information content (AvgIpc) is 2.95. The third kappa shape index (κ3) is 4.00. The monoisotopic (exact) mass is 392 g/mol. The molecule has 1 aromatic carbocycles. The summed E-state index contributed by atoms with van der Waals surface area (Å²) in [5.74, 6) is 0.600. The number of benzene rings is 1. The number of hydrogen-bond acceptors (Lipinski definition) is 4. The first kappa shape index (κ1) is 16.2. The lowest BCUT2D eigenvalue weighted by molar-refractivity contribution is -0.111. The van der Waals surface area contributed by atoms with Gasteiger partial charge in [0.15, 0.2) is 5.13 Å². The number of nitrogens with zero attached hydrogens (tertiary/aromatic N) is 1. The van der Waals surface area contributed by atoms with Gasteiger partial charge in [0.1, 0.15) is 5.75 Å². The summed E-state index contributed by atoms with van der Waals surface area (Å²) in [5, 5.41) is 3.55. The number of ether oxygens (including phenoxy) is 1. The molecule has 0 saturated heterocycles. The van der Waals surface area contributed by atoms with E-state index < -0.39 is 0 Å². The van der Waals surface area contributed by atoms with Crippen molar-refractivity contribution in [3.8, 4) is 5.75 Å². The number of thiazole rings is 1. The molecule has 4 nitrogen and oxygen atoms in total. The first-order chi connectivity index (χ1) is 11.2. The van der Waals surface area contributed by atoms with Gasteiger partial charge >= 0.3 is 0 Å². The molecule has 1 heterocycles. The molecule has 1 N–H and O–H groups in total. The summed E-state index contributed by atoms with van der Waals surface area (Å²) in [4.78, 5) is 17.9. The van der Waals surface area contributed by atoms with Gasteiger partial charge in [-0.15, -0.1) is 11.3 Å². The largest absolute Gasteiger partial charge is 0.496 e. The summed E-state index contributed by atoms with van der Waals surface area (Å²) >= 11 is 5.02. The summed E-state index contributed by atoms with van der Waals surface area (Å²) in [6.45, 7) is 0. The molecule has 3 rings (SSSR count). The van der Waals surface area contributed by atoms with E-state index in [0.717, 1.165) is 34.3 Å². The normalized spacial score (nSPS) is 13.8. The van der Waals surface area contributed by atoms with Crippen molar-refractivity contribution in [1.82, 2.24) is 4.98 Å². The quantitative estimate of drug-likeness (QED) is 0.782. The molecule has 0 spiro atoms. The van der Waals surface area contributed by atoms with Crippen molar-refractivity contribution in [2.75, 3.05) is 12.4 Å². The first-order valence-electron chi connectivity index (χ1n) is 7.47. The van der Waals surface area contributed by atoms with Gasteiger partial charge in [-0.1, -0.05) is 6.07 Å². The van der Waals surface area contributed by atoms with Crippen LogP contribution in [0.2, 0.25) is 0 Å². The highest BCUT2D eigenvalue weighted by molar-refractivity contribution is 9.10. The number of amides is 1. The minimum absolute atomic E-state index is 0.164. The van der Waals surface area contributed by atoms with Crippen LogP contribution in [-0.2, 0) is 17.6 Å². The second-order valence-corrected chi connectivity index (χ2v) is 7.25. The number of carbonyl (C=O) groups excluding carboxylic acids is 1. The lowest BCUT2D eigenvalue weighted by Gasteiger charge is -2.06. The maximum absolute atomic E-state index is 12.0. The van der Waals surface area contributed by atoms with Gasteiger partial charge < -0.3 is 4.74 Å². The first-order valence-corrected chi connectivity index (χ1v) is 9.08. The van der Waals surface area contributed by atoms with E-state index >= 15 is 0 Å². The Hall–Kier alpha value is -1.66. The van der Waals surface area contributed by atoms with Crippen molar-refractivity contribution < 1.29 is 9.53 Å². The second kappa shape index (κ2) is 7.27. The van der Waals surface area contributed by atoms with Crippen LogP contribution >= 0.6 is 27.3 Å². The summed E-state index contributed by atoms with van der Waals surface area (Å²) in [6, 6.07) is 5.66. The third-order valence-electron chi connectivity index (χ3n) is 3.68. The van der Waals surface area contributed by atoms with Gasteiger partial charge in [0.25, 0.3) is 0 Å². The summed E-state index contributed by atoms with van der Waals surface area (Å²) in [6.07, 6.45) is 7.81. The topological polar surface area (TPSA) is 51.2 Å². The molecule has 1 amide bonds. The zero-order valence-corrected chi connectivity index (χ0v) is 15.2. The van der Waals surface area contributed by atoms with E-state index in [1.54, 1.807) is 24.5 Å². The molecule has 0 atom stereocenters. The highest BCUT2D eigenvalue weighted by Gasteiger charge is 2.15. The number of anilines is 1. The van der Waals surface area contributed by atoms with Gasteiger partial charge in [-0.3, -0.25) is 10.1 Å². The number of methoxy groups -OCH3 is 1. The number of hydrogen-bond donors (Lipinski definition) is 1. The third-order valence-corrected chi connectivity index (χ3v) is 5.37. The molecular formula is C17H17BrN2O2S. The second-order valence-electron chi connectivity index (χ2n) is 5.31. The minimum Gasteiger partial charge on any atom is -0.496 e. The molecule has 0 bridgehead atoms. The van der Waals surface area contributed by atoms with E-state index in [1.165, 1.54) is 23.8 Å². The molecule has 0 unspecified atom stereocenters. The molecular weight excluding hydrogens is 376 g/mol. The molecule has 23 heavy (non-hydrogen) atoms. The van der Waals surface area contributed by atoms with E-state index in [-0.39, 0.29) is 5.91 Å². The molecule has 1 aromatic heterocycles. The van der Waals surface area contributed by atoms with E-state index in [4.69, 9.17) is 4.74 Å². The van der Waals surface area contributed by atoms with Gasteiger partial charge in [-0.05, 0) is 65.4 Å². The zero-order chi connectivity index (χ0) is 16.2. The van der Waals surface area contributed by atoms with E-state index in [9.17, 15) is 4.79 Å². The number of nitrogens with one attached hydrogen (secondary N) is 1. The van der Waals surface area contributed by atoms with Crippen LogP contribution in [-0.4, -0.2) is 18.0 Å². The van der Waals surface area contributed by atoms with Crippen LogP contribution in [0.4, 0.5) is 5.13 Å². The number of aryl methyl sites for hydroxylation is 2. The van der Waals surface area contributed by atoms with Crippen LogP contribution in [0, 0.1) is 0 Å². The summed E-state index contributed by atoms with van der Waals surface area (Å²) in [7, 11) is 1.62. The van der Waals surface area contributed by atoms with E-state index in [1.807, 2.05) is 18.2 Å². The highest BCUT2D eigenvalue weighted by Crippen LogP contribution is 2.29. The highest BCUT2D eigenvalue weighted by atomic mass is 79.9. The summed E-state index contributed by atoms with van der Waals surface area (Å²) in [5.41, 5.74) is 2.07. The maximum atomic E-state index is 12.0. The minimum atomic E-state index is -0.164.